The van der Waals surface area contributed by atoms with Crippen LogP contribution in [0.15, 0.2) is 173 Å². The van der Waals surface area contributed by atoms with Crippen molar-refractivity contribution in [2.24, 2.45) is 0 Å². The molecule has 0 atom stereocenters. The minimum Gasteiger partial charge on any atom is -0.456 e. The van der Waals surface area contributed by atoms with Crippen LogP contribution in [0, 0.1) is 0 Å². The summed E-state index contributed by atoms with van der Waals surface area (Å²) in [4.78, 5) is 2.36. The molecule has 0 bridgehead atoms. The summed E-state index contributed by atoms with van der Waals surface area (Å²) in [5, 5.41) is 9.40. The summed E-state index contributed by atoms with van der Waals surface area (Å²) in [6.07, 6.45) is 0. The summed E-state index contributed by atoms with van der Waals surface area (Å²) in [6.45, 7) is 0. The minimum atomic E-state index is 0.872. The molecule has 0 saturated carbocycles. The second-order valence-corrected chi connectivity index (χ2v) is 12.1. The molecule has 0 unspecified atom stereocenters. The van der Waals surface area contributed by atoms with Crippen molar-refractivity contribution in [2.45, 2.75) is 0 Å². The van der Waals surface area contributed by atoms with E-state index >= 15 is 0 Å². The molecule has 0 aliphatic heterocycles. The number of hydrogen-bond acceptors (Lipinski definition) is 3. The average Bonchev–Trinajstić information content (AvgIpc) is 3.70. The van der Waals surface area contributed by atoms with Crippen LogP contribution in [0.1, 0.15) is 0 Å². The predicted octanol–water partition coefficient (Wildman–Crippen LogP) is 12.9. The molecule has 0 spiro atoms. The highest BCUT2D eigenvalue weighted by molar-refractivity contribution is 6.14. The van der Waals surface area contributed by atoms with Gasteiger partial charge >= 0.3 is 0 Å². The van der Waals surface area contributed by atoms with E-state index in [2.05, 4.69) is 144 Å². The van der Waals surface area contributed by atoms with Gasteiger partial charge in [0.2, 0.25) is 0 Å². The molecule has 0 saturated heterocycles. The Bertz CT molecular complexity index is 2800. The number of furan rings is 2. The first-order valence-electron chi connectivity index (χ1n) is 15.9. The van der Waals surface area contributed by atoms with E-state index in [-0.39, 0.29) is 0 Å². The van der Waals surface area contributed by atoms with Gasteiger partial charge in [0.25, 0.3) is 0 Å². The van der Waals surface area contributed by atoms with Crippen molar-refractivity contribution in [1.82, 2.24) is 0 Å². The third-order valence-electron chi connectivity index (χ3n) is 9.45. The number of nitrogens with zero attached hydrogens (tertiary/aromatic N) is 1. The van der Waals surface area contributed by atoms with E-state index in [1.54, 1.807) is 0 Å². The molecule has 3 heteroatoms. The quantitative estimate of drug-likeness (QED) is 0.188. The number of fused-ring (bicyclic) bond motifs is 9. The molecule has 10 rings (SSSR count). The van der Waals surface area contributed by atoms with Gasteiger partial charge in [-0.05, 0) is 93.3 Å². The van der Waals surface area contributed by atoms with Crippen LogP contribution in [0.5, 0.6) is 0 Å². The number of rotatable bonds is 4. The van der Waals surface area contributed by atoms with Gasteiger partial charge in [0.1, 0.15) is 22.3 Å². The first kappa shape index (κ1) is 26.0. The van der Waals surface area contributed by atoms with Crippen molar-refractivity contribution in [1.29, 1.82) is 0 Å². The van der Waals surface area contributed by atoms with Crippen LogP contribution < -0.4 is 4.90 Å². The molecule has 2 aromatic heterocycles. The average molecular weight is 602 g/mol. The van der Waals surface area contributed by atoms with Crippen LogP contribution in [0.3, 0.4) is 0 Å². The van der Waals surface area contributed by atoms with Gasteiger partial charge in [0, 0.05) is 27.5 Å². The summed E-state index contributed by atoms with van der Waals surface area (Å²) in [5.41, 5.74) is 9.11. The standard InChI is InChI=1S/C44H27NO2/c1-2-9-34-29(8-1)16-17-30-20-24-33(27-37(30)34)45(39-12-7-15-43-44(39)36-11-4-6-14-41(36)47-43)32-22-18-28(19-23-32)31-21-25-42-38(26-31)35-10-3-5-13-40(35)46-42/h1-27H. The monoisotopic (exact) mass is 601 g/mol. The zero-order valence-corrected chi connectivity index (χ0v) is 25.4. The van der Waals surface area contributed by atoms with Gasteiger partial charge in [-0.1, -0.05) is 103 Å². The van der Waals surface area contributed by atoms with E-state index in [9.17, 15) is 0 Å². The fourth-order valence-electron chi connectivity index (χ4n) is 7.21. The third-order valence-corrected chi connectivity index (χ3v) is 9.45. The van der Waals surface area contributed by atoms with Crippen LogP contribution in [0.25, 0.3) is 76.5 Å². The Hall–Kier alpha value is -6.32. The fourth-order valence-corrected chi connectivity index (χ4v) is 7.21. The zero-order valence-electron chi connectivity index (χ0n) is 25.4. The van der Waals surface area contributed by atoms with E-state index in [0.717, 1.165) is 72.1 Å². The molecule has 220 valence electrons. The van der Waals surface area contributed by atoms with Gasteiger partial charge < -0.3 is 13.7 Å². The van der Waals surface area contributed by atoms with Crippen molar-refractivity contribution in [3.8, 4) is 11.1 Å². The first-order chi connectivity index (χ1) is 23.3. The lowest BCUT2D eigenvalue weighted by Crippen LogP contribution is -2.10. The van der Waals surface area contributed by atoms with Crippen molar-refractivity contribution in [2.75, 3.05) is 4.90 Å². The normalized spacial score (nSPS) is 11.8. The van der Waals surface area contributed by atoms with Crippen molar-refractivity contribution in [3.05, 3.63) is 164 Å². The Labute approximate surface area is 270 Å². The summed E-state index contributed by atoms with van der Waals surface area (Å²) in [6, 6.07) is 58.0. The zero-order chi connectivity index (χ0) is 30.9. The van der Waals surface area contributed by atoms with E-state index in [4.69, 9.17) is 8.83 Å². The number of anilines is 3. The van der Waals surface area contributed by atoms with Gasteiger partial charge in [-0.25, -0.2) is 0 Å². The highest BCUT2D eigenvalue weighted by Gasteiger charge is 2.20. The molecule has 0 radical (unpaired) electrons. The largest absolute Gasteiger partial charge is 0.456 e. The maximum atomic E-state index is 6.34. The topological polar surface area (TPSA) is 29.5 Å². The van der Waals surface area contributed by atoms with E-state index in [1.807, 2.05) is 24.3 Å². The molecule has 3 nitrogen and oxygen atoms in total. The molecule has 0 aliphatic rings. The van der Waals surface area contributed by atoms with Gasteiger partial charge in [0.05, 0.1) is 11.1 Å². The molecule has 8 aromatic carbocycles. The predicted molar refractivity (Wildman–Crippen MR) is 196 cm³/mol. The van der Waals surface area contributed by atoms with E-state index < -0.39 is 0 Å². The smallest absolute Gasteiger partial charge is 0.137 e. The molecule has 47 heavy (non-hydrogen) atoms. The van der Waals surface area contributed by atoms with Crippen LogP contribution >= 0.6 is 0 Å². The Morgan fingerprint density at radius 2 is 0.936 bits per heavy atom. The molecule has 2 heterocycles. The Morgan fingerprint density at radius 3 is 1.79 bits per heavy atom. The second kappa shape index (κ2) is 10.1. The number of hydrogen-bond donors (Lipinski definition) is 0. The molecular weight excluding hydrogens is 574 g/mol. The highest BCUT2D eigenvalue weighted by Crippen LogP contribution is 2.44. The van der Waals surface area contributed by atoms with Crippen LogP contribution in [0.4, 0.5) is 17.1 Å². The van der Waals surface area contributed by atoms with Gasteiger partial charge in [-0.2, -0.15) is 0 Å². The van der Waals surface area contributed by atoms with Crippen LogP contribution in [0.2, 0.25) is 0 Å². The lowest BCUT2D eigenvalue weighted by atomic mass is 10.00. The summed E-state index contributed by atoms with van der Waals surface area (Å²) in [5.74, 6) is 0. The van der Waals surface area contributed by atoms with Crippen LogP contribution in [-0.2, 0) is 0 Å². The van der Waals surface area contributed by atoms with Crippen molar-refractivity contribution < 1.29 is 8.83 Å². The van der Waals surface area contributed by atoms with E-state index in [0.29, 0.717) is 0 Å². The first-order valence-corrected chi connectivity index (χ1v) is 15.9. The summed E-state index contributed by atoms with van der Waals surface area (Å²) >= 11 is 0. The Balaban J connectivity index is 1.17. The maximum Gasteiger partial charge on any atom is 0.137 e. The molecule has 10 aromatic rings. The third kappa shape index (κ3) is 4.07. The Kier molecular flexibility index (Phi) is 5.57. The lowest BCUT2D eigenvalue weighted by Gasteiger charge is -2.27. The molecular formula is C44H27NO2. The number of para-hydroxylation sites is 2. The molecule has 0 amide bonds. The molecule has 0 fully saturated rings. The van der Waals surface area contributed by atoms with Crippen LogP contribution in [-0.4, -0.2) is 0 Å². The van der Waals surface area contributed by atoms with Crippen molar-refractivity contribution in [3.63, 3.8) is 0 Å². The van der Waals surface area contributed by atoms with Gasteiger partial charge in [0.15, 0.2) is 0 Å². The van der Waals surface area contributed by atoms with Gasteiger partial charge in [-0.15, -0.1) is 0 Å². The molecule has 0 aliphatic carbocycles. The van der Waals surface area contributed by atoms with Crippen molar-refractivity contribution >= 4 is 82.5 Å². The molecule has 0 N–H and O–H groups in total. The maximum absolute atomic E-state index is 6.34. The Morgan fingerprint density at radius 1 is 0.340 bits per heavy atom. The highest BCUT2D eigenvalue weighted by atomic mass is 16.3. The lowest BCUT2D eigenvalue weighted by molar-refractivity contribution is 0.668. The number of benzene rings is 8. The van der Waals surface area contributed by atoms with E-state index in [1.165, 1.54) is 21.5 Å². The summed E-state index contributed by atoms with van der Waals surface area (Å²) < 4.78 is 12.4. The van der Waals surface area contributed by atoms with Gasteiger partial charge in [-0.3, -0.25) is 0 Å². The fraction of sp³-hybridized carbons (Fsp3) is 0. The SMILES string of the molecule is c1ccc2c(c1)ccc1ccc(N(c3ccc(-c4ccc5oc6ccccc6c5c4)cc3)c3cccc4oc5ccccc5c34)cc12. The minimum absolute atomic E-state index is 0.872. The second-order valence-electron chi connectivity index (χ2n) is 12.1. The summed E-state index contributed by atoms with van der Waals surface area (Å²) in [7, 11) is 0.